The SMILES string of the molecule is C=CCn1c(C(=O)NCCN2CCOCC2)c(C)c2cc(C(C)C)ccc21. The fraction of sp³-hybridized carbons (Fsp3) is 0.500. The summed E-state index contributed by atoms with van der Waals surface area (Å²) in [5.74, 6) is 0.451. The first-order valence-corrected chi connectivity index (χ1v) is 9.85. The van der Waals surface area contributed by atoms with Crippen molar-refractivity contribution in [3.8, 4) is 0 Å². The highest BCUT2D eigenvalue weighted by Crippen LogP contribution is 2.29. The van der Waals surface area contributed by atoms with Crippen LogP contribution in [0.3, 0.4) is 0 Å². The molecule has 0 saturated carbocycles. The van der Waals surface area contributed by atoms with E-state index < -0.39 is 0 Å². The van der Waals surface area contributed by atoms with Crippen LogP contribution >= 0.6 is 0 Å². The second kappa shape index (κ2) is 8.72. The van der Waals surface area contributed by atoms with Gasteiger partial charge >= 0.3 is 0 Å². The summed E-state index contributed by atoms with van der Waals surface area (Å²) in [6.45, 7) is 15.8. The minimum Gasteiger partial charge on any atom is -0.379 e. The van der Waals surface area contributed by atoms with E-state index in [-0.39, 0.29) is 5.91 Å². The summed E-state index contributed by atoms with van der Waals surface area (Å²) < 4.78 is 7.45. The van der Waals surface area contributed by atoms with Gasteiger partial charge in [0.15, 0.2) is 0 Å². The highest BCUT2D eigenvalue weighted by Gasteiger charge is 2.20. The predicted molar refractivity (Wildman–Crippen MR) is 111 cm³/mol. The van der Waals surface area contributed by atoms with Gasteiger partial charge in [0.05, 0.1) is 13.2 Å². The molecular weight excluding hydrogens is 338 g/mol. The van der Waals surface area contributed by atoms with Crippen LogP contribution in [0.2, 0.25) is 0 Å². The van der Waals surface area contributed by atoms with Crippen molar-refractivity contribution in [2.45, 2.75) is 33.2 Å². The van der Waals surface area contributed by atoms with Crippen molar-refractivity contribution in [1.82, 2.24) is 14.8 Å². The molecule has 1 aromatic carbocycles. The van der Waals surface area contributed by atoms with E-state index in [0.717, 1.165) is 55.0 Å². The highest BCUT2D eigenvalue weighted by molar-refractivity contribution is 6.01. The maximum atomic E-state index is 13.0. The van der Waals surface area contributed by atoms with E-state index in [4.69, 9.17) is 4.74 Å². The molecule has 0 unspecified atom stereocenters. The second-order valence-corrected chi connectivity index (χ2v) is 7.51. The number of morpholine rings is 1. The van der Waals surface area contributed by atoms with Gasteiger partial charge in [-0.25, -0.2) is 0 Å². The number of amides is 1. The van der Waals surface area contributed by atoms with Gasteiger partial charge in [0.25, 0.3) is 5.91 Å². The average Bonchev–Trinajstić information content (AvgIpc) is 2.94. The van der Waals surface area contributed by atoms with Crippen LogP contribution < -0.4 is 5.32 Å². The van der Waals surface area contributed by atoms with Gasteiger partial charge in [0, 0.05) is 43.6 Å². The molecule has 1 fully saturated rings. The van der Waals surface area contributed by atoms with Crippen molar-refractivity contribution in [1.29, 1.82) is 0 Å². The Morgan fingerprint density at radius 2 is 2.07 bits per heavy atom. The van der Waals surface area contributed by atoms with E-state index in [2.05, 4.69) is 53.4 Å². The Kier molecular flexibility index (Phi) is 6.34. The summed E-state index contributed by atoms with van der Waals surface area (Å²) in [6.07, 6.45) is 1.85. The zero-order valence-electron chi connectivity index (χ0n) is 16.8. The summed E-state index contributed by atoms with van der Waals surface area (Å²) in [5, 5.41) is 4.26. The summed E-state index contributed by atoms with van der Waals surface area (Å²) in [5.41, 5.74) is 4.17. The molecule has 27 heavy (non-hydrogen) atoms. The predicted octanol–water partition coefficient (Wildman–Crippen LogP) is 3.32. The summed E-state index contributed by atoms with van der Waals surface area (Å²) in [6, 6.07) is 6.51. The summed E-state index contributed by atoms with van der Waals surface area (Å²) in [7, 11) is 0. The van der Waals surface area contributed by atoms with Crippen LogP contribution in [-0.4, -0.2) is 54.8 Å². The number of hydrogen-bond donors (Lipinski definition) is 1. The smallest absolute Gasteiger partial charge is 0.268 e. The van der Waals surface area contributed by atoms with Gasteiger partial charge < -0.3 is 14.6 Å². The van der Waals surface area contributed by atoms with Crippen molar-refractivity contribution in [2.24, 2.45) is 0 Å². The van der Waals surface area contributed by atoms with Crippen LogP contribution in [-0.2, 0) is 11.3 Å². The highest BCUT2D eigenvalue weighted by atomic mass is 16.5. The normalized spacial score (nSPS) is 15.4. The Balaban J connectivity index is 1.82. The van der Waals surface area contributed by atoms with E-state index >= 15 is 0 Å². The number of benzene rings is 1. The van der Waals surface area contributed by atoms with Gasteiger partial charge in [-0.3, -0.25) is 9.69 Å². The first-order valence-electron chi connectivity index (χ1n) is 9.85. The van der Waals surface area contributed by atoms with Gasteiger partial charge in [-0.1, -0.05) is 26.0 Å². The maximum absolute atomic E-state index is 13.0. The number of carbonyl (C=O) groups excluding carboxylic acids is 1. The lowest BCUT2D eigenvalue weighted by Crippen LogP contribution is -2.41. The van der Waals surface area contributed by atoms with Crippen LogP contribution in [0.25, 0.3) is 10.9 Å². The Morgan fingerprint density at radius 1 is 1.33 bits per heavy atom. The molecule has 1 amide bonds. The van der Waals surface area contributed by atoms with Crippen LogP contribution in [0.15, 0.2) is 30.9 Å². The molecule has 1 saturated heterocycles. The zero-order chi connectivity index (χ0) is 19.4. The number of allylic oxidation sites excluding steroid dienone is 1. The lowest BCUT2D eigenvalue weighted by atomic mass is 10.0. The van der Waals surface area contributed by atoms with Crippen molar-refractivity contribution in [2.75, 3.05) is 39.4 Å². The topological polar surface area (TPSA) is 46.5 Å². The minimum atomic E-state index is -0.00935. The Hall–Kier alpha value is -2.11. The van der Waals surface area contributed by atoms with Crippen molar-refractivity contribution in [3.63, 3.8) is 0 Å². The van der Waals surface area contributed by atoms with E-state index in [1.54, 1.807) is 0 Å². The standard InChI is InChI=1S/C22H31N3O2/c1-5-9-25-20-7-6-18(16(2)3)15-19(20)17(4)21(25)22(26)23-8-10-24-11-13-27-14-12-24/h5-7,15-16H,1,8-14H2,2-4H3,(H,23,26). The Bertz CT molecular complexity index is 817. The van der Waals surface area contributed by atoms with Gasteiger partial charge in [0.2, 0.25) is 0 Å². The zero-order valence-corrected chi connectivity index (χ0v) is 16.8. The number of aryl methyl sites for hydroxylation is 1. The van der Waals surface area contributed by atoms with Crippen molar-refractivity contribution >= 4 is 16.8 Å². The number of ether oxygens (including phenoxy) is 1. The van der Waals surface area contributed by atoms with Crippen LogP contribution in [0.5, 0.6) is 0 Å². The first kappa shape index (κ1) is 19.6. The quantitative estimate of drug-likeness (QED) is 0.762. The summed E-state index contributed by atoms with van der Waals surface area (Å²) >= 11 is 0. The molecule has 5 nitrogen and oxygen atoms in total. The molecule has 1 aliphatic heterocycles. The third-order valence-electron chi connectivity index (χ3n) is 5.35. The van der Waals surface area contributed by atoms with Gasteiger partial charge in [-0.15, -0.1) is 6.58 Å². The van der Waals surface area contributed by atoms with Crippen LogP contribution in [0.1, 0.15) is 41.4 Å². The third-order valence-corrected chi connectivity index (χ3v) is 5.35. The number of nitrogens with zero attached hydrogens (tertiary/aromatic N) is 2. The number of nitrogens with one attached hydrogen (secondary N) is 1. The van der Waals surface area contributed by atoms with E-state index in [1.807, 2.05) is 13.0 Å². The molecular formula is C22H31N3O2. The first-order chi connectivity index (χ1) is 13.0. The molecule has 0 aliphatic carbocycles. The molecule has 2 heterocycles. The van der Waals surface area contributed by atoms with Gasteiger partial charge in [-0.2, -0.15) is 0 Å². The third kappa shape index (κ3) is 4.25. The number of rotatable bonds is 7. The fourth-order valence-corrected chi connectivity index (χ4v) is 3.75. The van der Waals surface area contributed by atoms with E-state index in [1.165, 1.54) is 5.56 Å². The molecule has 1 aromatic heterocycles. The summed E-state index contributed by atoms with van der Waals surface area (Å²) in [4.78, 5) is 15.3. The Morgan fingerprint density at radius 3 is 2.74 bits per heavy atom. The van der Waals surface area contributed by atoms with Crippen LogP contribution in [0, 0.1) is 6.92 Å². The maximum Gasteiger partial charge on any atom is 0.268 e. The average molecular weight is 370 g/mol. The molecule has 5 heteroatoms. The second-order valence-electron chi connectivity index (χ2n) is 7.51. The number of aromatic nitrogens is 1. The molecule has 0 spiro atoms. The number of carbonyl (C=O) groups is 1. The fourth-order valence-electron chi connectivity index (χ4n) is 3.75. The molecule has 2 aromatic rings. The molecule has 1 aliphatic rings. The van der Waals surface area contributed by atoms with Crippen molar-refractivity contribution in [3.05, 3.63) is 47.7 Å². The lowest BCUT2D eigenvalue weighted by molar-refractivity contribution is 0.0383. The van der Waals surface area contributed by atoms with Gasteiger partial charge in [0.1, 0.15) is 5.69 Å². The largest absolute Gasteiger partial charge is 0.379 e. The van der Waals surface area contributed by atoms with E-state index in [9.17, 15) is 4.79 Å². The van der Waals surface area contributed by atoms with Crippen molar-refractivity contribution < 1.29 is 9.53 Å². The monoisotopic (exact) mass is 369 g/mol. The Labute approximate surface area is 162 Å². The number of fused-ring (bicyclic) bond motifs is 1. The molecule has 0 atom stereocenters. The molecule has 1 N–H and O–H groups in total. The molecule has 146 valence electrons. The van der Waals surface area contributed by atoms with E-state index in [0.29, 0.717) is 19.0 Å². The molecule has 0 bridgehead atoms. The van der Waals surface area contributed by atoms with Crippen LogP contribution in [0.4, 0.5) is 0 Å². The lowest BCUT2D eigenvalue weighted by Gasteiger charge is -2.26. The van der Waals surface area contributed by atoms with Gasteiger partial charge in [-0.05, 0) is 36.1 Å². The minimum absolute atomic E-state index is 0.00935. The molecule has 3 rings (SSSR count). The molecule has 0 radical (unpaired) electrons. The number of hydrogen-bond acceptors (Lipinski definition) is 3.